The third-order valence-electron chi connectivity index (χ3n) is 3.14. The fraction of sp³-hybridized carbons (Fsp3) is 0.200. The maximum Gasteiger partial charge on any atom is 0.260 e. The molecule has 0 spiro atoms. The van der Waals surface area contributed by atoms with Gasteiger partial charge in [0, 0.05) is 6.04 Å². The van der Waals surface area contributed by atoms with Crippen LogP contribution >= 0.6 is 11.6 Å². The Labute approximate surface area is 126 Å². The molecule has 1 aliphatic carbocycles. The summed E-state index contributed by atoms with van der Waals surface area (Å²) in [6.07, 6.45) is 3.84. The van der Waals surface area contributed by atoms with Gasteiger partial charge in [-0.15, -0.1) is 0 Å². The number of hydrogen-bond donors (Lipinski definition) is 2. The Kier molecular flexibility index (Phi) is 3.75. The van der Waals surface area contributed by atoms with E-state index in [1.54, 1.807) is 12.1 Å². The van der Waals surface area contributed by atoms with E-state index in [9.17, 15) is 9.18 Å². The summed E-state index contributed by atoms with van der Waals surface area (Å²) in [4.78, 5) is 16.2. The van der Waals surface area contributed by atoms with Crippen LogP contribution in [0.25, 0.3) is 0 Å². The molecule has 21 heavy (non-hydrogen) atoms. The van der Waals surface area contributed by atoms with Gasteiger partial charge in [0.15, 0.2) is 0 Å². The van der Waals surface area contributed by atoms with Gasteiger partial charge in [-0.2, -0.15) is 0 Å². The maximum absolute atomic E-state index is 13.6. The highest BCUT2D eigenvalue weighted by atomic mass is 35.5. The second-order valence-corrected chi connectivity index (χ2v) is 5.31. The average Bonchev–Trinajstić information content (AvgIpc) is 3.25. The first-order chi connectivity index (χ1) is 10.1. The molecule has 6 heteroatoms. The Morgan fingerprint density at radius 2 is 2.10 bits per heavy atom. The van der Waals surface area contributed by atoms with Crippen LogP contribution in [0.3, 0.4) is 0 Å². The molecule has 2 N–H and O–H groups in total. The van der Waals surface area contributed by atoms with Crippen molar-refractivity contribution in [1.29, 1.82) is 0 Å². The van der Waals surface area contributed by atoms with Gasteiger partial charge in [-0.25, -0.2) is 9.37 Å². The molecule has 1 heterocycles. The van der Waals surface area contributed by atoms with E-state index in [1.165, 1.54) is 24.4 Å². The Hall–Kier alpha value is -2.14. The molecule has 0 saturated heterocycles. The summed E-state index contributed by atoms with van der Waals surface area (Å²) in [5.41, 5.74) is 0.319. The van der Waals surface area contributed by atoms with Gasteiger partial charge >= 0.3 is 0 Å². The van der Waals surface area contributed by atoms with Crippen LogP contribution in [0.1, 0.15) is 23.2 Å². The molecule has 1 aromatic carbocycles. The predicted octanol–water partition coefficient (Wildman–Crippen LogP) is 3.70. The van der Waals surface area contributed by atoms with Crippen molar-refractivity contribution >= 4 is 29.0 Å². The fourth-order valence-electron chi connectivity index (χ4n) is 1.90. The van der Waals surface area contributed by atoms with Crippen molar-refractivity contribution in [2.45, 2.75) is 18.9 Å². The largest absolute Gasteiger partial charge is 0.367 e. The molecule has 1 saturated carbocycles. The van der Waals surface area contributed by atoms with Crippen LogP contribution in [0.15, 0.2) is 36.5 Å². The number of rotatable bonds is 4. The highest BCUT2D eigenvalue weighted by Crippen LogP contribution is 2.24. The Morgan fingerprint density at radius 3 is 2.71 bits per heavy atom. The molecular formula is C15H13ClFN3O. The third-order valence-corrected chi connectivity index (χ3v) is 3.46. The number of halogens is 2. The zero-order chi connectivity index (χ0) is 14.8. The smallest absolute Gasteiger partial charge is 0.260 e. The lowest BCUT2D eigenvalue weighted by molar-refractivity contribution is 0.102. The number of nitrogens with one attached hydrogen (secondary N) is 2. The number of anilines is 2. The van der Waals surface area contributed by atoms with Crippen molar-refractivity contribution in [3.63, 3.8) is 0 Å². The number of amides is 1. The molecule has 0 bridgehead atoms. The van der Waals surface area contributed by atoms with Gasteiger partial charge in [-0.05, 0) is 37.1 Å². The van der Waals surface area contributed by atoms with Gasteiger partial charge in [-0.3, -0.25) is 4.79 Å². The molecule has 1 amide bonds. The molecule has 0 radical (unpaired) electrons. The van der Waals surface area contributed by atoms with E-state index in [1.807, 2.05) is 0 Å². The summed E-state index contributed by atoms with van der Waals surface area (Å²) in [5.74, 6) is -0.484. The van der Waals surface area contributed by atoms with Gasteiger partial charge in [-0.1, -0.05) is 17.7 Å². The number of benzene rings is 1. The number of nitrogens with zero attached hydrogens (tertiary/aromatic N) is 1. The summed E-state index contributed by atoms with van der Waals surface area (Å²) in [7, 11) is 0. The Bertz CT molecular complexity index is 651. The molecule has 0 atom stereocenters. The standard InChI is InChI=1S/C15H13ClFN3O/c16-11-2-1-3-12(17)14(11)15(21)20-10-6-7-13(18-8-10)19-9-4-5-9/h1-3,6-9H,4-5H2,(H,18,19)(H,20,21). The van der Waals surface area contributed by atoms with Crippen LogP contribution in [0.5, 0.6) is 0 Å². The molecular weight excluding hydrogens is 293 g/mol. The number of hydrogen-bond acceptors (Lipinski definition) is 3. The quantitative estimate of drug-likeness (QED) is 0.905. The van der Waals surface area contributed by atoms with E-state index in [-0.39, 0.29) is 10.6 Å². The zero-order valence-corrected chi connectivity index (χ0v) is 11.8. The maximum atomic E-state index is 13.6. The van der Waals surface area contributed by atoms with E-state index in [0.29, 0.717) is 11.7 Å². The second kappa shape index (κ2) is 5.69. The number of carbonyl (C=O) groups is 1. The van der Waals surface area contributed by atoms with Gasteiger partial charge in [0.05, 0.1) is 22.5 Å². The van der Waals surface area contributed by atoms with E-state index in [4.69, 9.17) is 11.6 Å². The summed E-state index contributed by atoms with van der Waals surface area (Å²) < 4.78 is 13.6. The molecule has 0 unspecified atom stereocenters. The zero-order valence-electron chi connectivity index (χ0n) is 11.1. The van der Waals surface area contributed by atoms with Crippen LogP contribution in [-0.4, -0.2) is 16.9 Å². The minimum absolute atomic E-state index is 0.0764. The number of pyridine rings is 1. The lowest BCUT2D eigenvalue weighted by atomic mass is 10.2. The Morgan fingerprint density at radius 1 is 1.29 bits per heavy atom. The first-order valence-electron chi connectivity index (χ1n) is 6.61. The van der Waals surface area contributed by atoms with Crippen molar-refractivity contribution in [2.24, 2.45) is 0 Å². The number of aromatic nitrogens is 1. The van der Waals surface area contributed by atoms with Crippen molar-refractivity contribution in [2.75, 3.05) is 10.6 Å². The first-order valence-corrected chi connectivity index (χ1v) is 6.99. The average molecular weight is 306 g/mol. The van der Waals surface area contributed by atoms with Crippen LogP contribution < -0.4 is 10.6 Å². The van der Waals surface area contributed by atoms with E-state index < -0.39 is 11.7 Å². The highest BCUT2D eigenvalue weighted by Gasteiger charge is 2.21. The summed E-state index contributed by atoms with van der Waals surface area (Å²) in [6.45, 7) is 0. The van der Waals surface area contributed by atoms with Crippen LogP contribution in [0, 0.1) is 5.82 Å². The van der Waals surface area contributed by atoms with E-state index in [2.05, 4.69) is 15.6 Å². The van der Waals surface area contributed by atoms with Gasteiger partial charge < -0.3 is 10.6 Å². The molecule has 4 nitrogen and oxygen atoms in total. The van der Waals surface area contributed by atoms with Crippen LogP contribution in [0.4, 0.5) is 15.9 Å². The molecule has 108 valence electrons. The van der Waals surface area contributed by atoms with Crippen molar-refractivity contribution in [1.82, 2.24) is 4.98 Å². The normalized spacial score (nSPS) is 13.8. The van der Waals surface area contributed by atoms with Crippen LogP contribution in [-0.2, 0) is 0 Å². The fourth-order valence-corrected chi connectivity index (χ4v) is 2.15. The lowest BCUT2D eigenvalue weighted by Crippen LogP contribution is -2.14. The van der Waals surface area contributed by atoms with Crippen molar-refractivity contribution < 1.29 is 9.18 Å². The second-order valence-electron chi connectivity index (χ2n) is 4.90. The van der Waals surface area contributed by atoms with Crippen LogP contribution in [0.2, 0.25) is 5.02 Å². The number of carbonyl (C=O) groups excluding carboxylic acids is 1. The summed E-state index contributed by atoms with van der Waals surface area (Å²) >= 11 is 5.85. The first kappa shape index (κ1) is 13.8. The topological polar surface area (TPSA) is 54.0 Å². The summed E-state index contributed by atoms with van der Waals surface area (Å²) in [5, 5.41) is 5.90. The van der Waals surface area contributed by atoms with Gasteiger partial charge in [0.25, 0.3) is 5.91 Å². The Balaban J connectivity index is 1.72. The minimum Gasteiger partial charge on any atom is -0.367 e. The molecule has 2 aromatic rings. The molecule has 1 fully saturated rings. The van der Waals surface area contributed by atoms with E-state index >= 15 is 0 Å². The third kappa shape index (κ3) is 3.31. The monoisotopic (exact) mass is 305 g/mol. The van der Waals surface area contributed by atoms with Crippen molar-refractivity contribution in [3.05, 3.63) is 52.9 Å². The molecule has 1 aliphatic rings. The van der Waals surface area contributed by atoms with Gasteiger partial charge in [0.2, 0.25) is 0 Å². The van der Waals surface area contributed by atoms with E-state index in [0.717, 1.165) is 18.7 Å². The van der Waals surface area contributed by atoms with Crippen molar-refractivity contribution in [3.8, 4) is 0 Å². The minimum atomic E-state index is -0.653. The molecule has 3 rings (SSSR count). The lowest BCUT2D eigenvalue weighted by Gasteiger charge is -2.08. The predicted molar refractivity (Wildman–Crippen MR) is 80.2 cm³/mol. The molecule has 0 aliphatic heterocycles. The molecule has 1 aromatic heterocycles. The summed E-state index contributed by atoms with van der Waals surface area (Å²) in [6, 6.07) is 8.12. The SMILES string of the molecule is O=C(Nc1ccc(NC2CC2)nc1)c1c(F)cccc1Cl. The highest BCUT2D eigenvalue weighted by molar-refractivity contribution is 6.34. The van der Waals surface area contributed by atoms with Gasteiger partial charge in [0.1, 0.15) is 11.6 Å².